The summed E-state index contributed by atoms with van der Waals surface area (Å²) in [6.45, 7) is 2.71. The number of carbonyl (C=O) groups is 1. The molecule has 3 aromatic heterocycles. The first-order chi connectivity index (χ1) is 16.0. The number of nitrogens with one attached hydrogen (secondary N) is 2. The van der Waals surface area contributed by atoms with E-state index in [-0.39, 0.29) is 17.0 Å². The highest BCUT2D eigenvalue weighted by Gasteiger charge is 2.23. The molecule has 1 fully saturated rings. The van der Waals surface area contributed by atoms with E-state index in [1.807, 2.05) is 5.51 Å². The number of nitrogens with zero attached hydrogens (tertiary/aromatic N) is 4. The molecule has 0 unspecified atom stereocenters. The van der Waals surface area contributed by atoms with Gasteiger partial charge in [-0.3, -0.25) is 9.69 Å². The van der Waals surface area contributed by atoms with Gasteiger partial charge in [0.1, 0.15) is 22.8 Å². The van der Waals surface area contributed by atoms with Crippen LogP contribution in [0.2, 0.25) is 5.02 Å². The summed E-state index contributed by atoms with van der Waals surface area (Å²) in [4.78, 5) is 29.5. The molecule has 1 amide bonds. The topological polar surface area (TPSA) is 83.0 Å². The molecule has 1 saturated heterocycles. The molecule has 11 heteroatoms. The van der Waals surface area contributed by atoms with Gasteiger partial charge in [-0.25, -0.2) is 19.3 Å². The van der Waals surface area contributed by atoms with Crippen LogP contribution in [-0.4, -0.2) is 44.9 Å². The Hall–Kier alpha value is -2.66. The molecule has 4 aromatic rings. The number of rotatable bonds is 6. The number of hydrogen-bond acceptors (Lipinski definition) is 8. The number of fused-ring (bicyclic) bond motifs is 1. The van der Waals surface area contributed by atoms with Gasteiger partial charge in [-0.05, 0) is 37.1 Å². The first-order valence-corrected chi connectivity index (χ1v) is 12.6. The van der Waals surface area contributed by atoms with Crippen molar-refractivity contribution in [1.29, 1.82) is 0 Å². The molecular weight excluding hydrogens is 483 g/mol. The summed E-state index contributed by atoms with van der Waals surface area (Å²) < 4.78 is 13.4. The smallest absolute Gasteiger partial charge is 0.261 e. The summed E-state index contributed by atoms with van der Waals surface area (Å²) in [5.41, 5.74) is 3.55. The normalized spacial score (nSPS) is 15.1. The average Bonchev–Trinajstić information content (AvgIpc) is 3.48. The highest BCUT2D eigenvalue weighted by atomic mass is 35.5. The molecule has 7 nitrogen and oxygen atoms in total. The maximum atomic E-state index is 13.4. The molecule has 2 N–H and O–H groups in total. The van der Waals surface area contributed by atoms with Crippen LogP contribution in [0.4, 0.5) is 15.9 Å². The third-order valence-corrected chi connectivity index (χ3v) is 7.49. The van der Waals surface area contributed by atoms with Gasteiger partial charge in [-0.15, -0.1) is 22.7 Å². The van der Waals surface area contributed by atoms with Crippen molar-refractivity contribution in [3.05, 3.63) is 62.9 Å². The molecule has 4 heterocycles. The van der Waals surface area contributed by atoms with Crippen molar-refractivity contribution in [3.63, 3.8) is 0 Å². The lowest BCUT2D eigenvalue weighted by Crippen LogP contribution is -2.44. The number of halogens is 2. The van der Waals surface area contributed by atoms with Crippen molar-refractivity contribution in [3.8, 4) is 0 Å². The molecule has 0 saturated carbocycles. The van der Waals surface area contributed by atoms with Gasteiger partial charge in [0.05, 0.1) is 26.5 Å². The molecule has 1 aliphatic heterocycles. The lowest BCUT2D eigenvalue weighted by Gasteiger charge is -2.31. The van der Waals surface area contributed by atoms with E-state index in [1.165, 1.54) is 29.8 Å². The van der Waals surface area contributed by atoms with Crippen molar-refractivity contribution in [2.45, 2.75) is 25.4 Å². The van der Waals surface area contributed by atoms with Crippen LogP contribution in [0.15, 0.2) is 41.5 Å². The zero-order valence-corrected chi connectivity index (χ0v) is 19.8. The second-order valence-electron chi connectivity index (χ2n) is 7.81. The quantitative estimate of drug-likeness (QED) is 0.382. The van der Waals surface area contributed by atoms with Gasteiger partial charge in [-0.2, -0.15) is 0 Å². The fraction of sp³-hybridized carbons (Fsp3) is 0.273. The van der Waals surface area contributed by atoms with Gasteiger partial charge in [0, 0.05) is 36.7 Å². The second kappa shape index (κ2) is 9.68. The monoisotopic (exact) mass is 502 g/mol. The number of benzene rings is 1. The number of amides is 1. The van der Waals surface area contributed by atoms with Crippen LogP contribution in [0.25, 0.3) is 10.2 Å². The van der Waals surface area contributed by atoms with E-state index in [0.717, 1.165) is 43.6 Å². The maximum Gasteiger partial charge on any atom is 0.261 e. The summed E-state index contributed by atoms with van der Waals surface area (Å²) >= 11 is 8.81. The van der Waals surface area contributed by atoms with Crippen LogP contribution in [-0.2, 0) is 6.54 Å². The largest absolute Gasteiger partial charge is 0.349 e. The van der Waals surface area contributed by atoms with E-state index in [0.29, 0.717) is 21.2 Å². The predicted octanol–water partition coefficient (Wildman–Crippen LogP) is 5.08. The van der Waals surface area contributed by atoms with E-state index in [1.54, 1.807) is 23.5 Å². The summed E-state index contributed by atoms with van der Waals surface area (Å²) in [6.07, 6.45) is 3.24. The minimum Gasteiger partial charge on any atom is -0.349 e. The molecular formula is C22H20ClFN6OS2. The highest BCUT2D eigenvalue weighted by molar-refractivity contribution is 7.20. The Morgan fingerprint density at radius 2 is 2.06 bits per heavy atom. The van der Waals surface area contributed by atoms with Crippen molar-refractivity contribution in [2.75, 3.05) is 18.4 Å². The standard InChI is InChI=1S/C22H20ClFN6OS2/c23-17-7-14(1-2-18(17)24)28-20-16-8-19(33-22(16)26-11-25-20)21(31)29-13-3-5-30(6-4-13)9-15-10-32-12-27-15/h1-2,7-8,10-13H,3-6,9H2,(H,29,31)(H,25,26,28). The van der Waals surface area contributed by atoms with Crippen molar-refractivity contribution >= 4 is 61.9 Å². The van der Waals surface area contributed by atoms with Crippen LogP contribution in [0, 0.1) is 5.82 Å². The minimum atomic E-state index is -0.487. The maximum absolute atomic E-state index is 13.4. The third-order valence-electron chi connectivity index (χ3n) is 5.53. The highest BCUT2D eigenvalue weighted by Crippen LogP contribution is 2.31. The van der Waals surface area contributed by atoms with Crippen LogP contribution in [0.1, 0.15) is 28.2 Å². The molecule has 0 bridgehead atoms. The van der Waals surface area contributed by atoms with Crippen molar-refractivity contribution < 1.29 is 9.18 Å². The lowest BCUT2D eigenvalue weighted by molar-refractivity contribution is 0.0912. The second-order valence-corrected chi connectivity index (χ2v) is 9.97. The van der Waals surface area contributed by atoms with Gasteiger partial charge in [0.15, 0.2) is 0 Å². The fourth-order valence-electron chi connectivity index (χ4n) is 3.81. The van der Waals surface area contributed by atoms with Gasteiger partial charge < -0.3 is 10.6 Å². The Morgan fingerprint density at radius 1 is 1.21 bits per heavy atom. The fourth-order valence-corrected chi connectivity index (χ4v) is 5.45. The minimum absolute atomic E-state index is 0.0216. The van der Waals surface area contributed by atoms with E-state index >= 15 is 0 Å². The molecule has 0 aliphatic carbocycles. The number of hydrogen-bond donors (Lipinski definition) is 2. The summed E-state index contributed by atoms with van der Waals surface area (Å²) in [5, 5.41) is 9.12. The van der Waals surface area contributed by atoms with E-state index < -0.39 is 5.82 Å². The van der Waals surface area contributed by atoms with Gasteiger partial charge in [-0.1, -0.05) is 11.6 Å². The predicted molar refractivity (Wildman–Crippen MR) is 130 cm³/mol. The van der Waals surface area contributed by atoms with E-state index in [9.17, 15) is 9.18 Å². The molecule has 0 radical (unpaired) electrons. The SMILES string of the molecule is O=C(NC1CCN(Cc2cscn2)CC1)c1cc2c(Nc3ccc(F)c(Cl)c3)ncnc2s1. The molecule has 0 atom stereocenters. The Kier molecular flexibility index (Phi) is 6.50. The van der Waals surface area contributed by atoms with Crippen molar-refractivity contribution in [1.82, 2.24) is 25.2 Å². The Morgan fingerprint density at radius 3 is 2.82 bits per heavy atom. The lowest BCUT2D eigenvalue weighted by atomic mass is 10.0. The Labute approximate surface area is 202 Å². The zero-order chi connectivity index (χ0) is 22.8. The average molecular weight is 503 g/mol. The van der Waals surface area contributed by atoms with Gasteiger partial charge >= 0.3 is 0 Å². The van der Waals surface area contributed by atoms with Gasteiger partial charge in [0.25, 0.3) is 5.91 Å². The zero-order valence-electron chi connectivity index (χ0n) is 17.4. The van der Waals surface area contributed by atoms with Crippen LogP contribution in [0.5, 0.6) is 0 Å². The Balaban J connectivity index is 1.24. The summed E-state index contributed by atoms with van der Waals surface area (Å²) in [5.74, 6) is -0.0569. The number of likely N-dealkylation sites (tertiary alicyclic amines) is 1. The molecule has 5 rings (SSSR count). The first-order valence-electron chi connectivity index (χ1n) is 10.4. The molecule has 170 valence electrons. The van der Waals surface area contributed by atoms with Crippen LogP contribution >= 0.6 is 34.3 Å². The number of anilines is 2. The first kappa shape index (κ1) is 22.1. The molecule has 0 spiro atoms. The number of aromatic nitrogens is 3. The summed E-state index contributed by atoms with van der Waals surface area (Å²) in [7, 11) is 0. The number of thiophene rings is 1. The van der Waals surface area contributed by atoms with Crippen molar-refractivity contribution in [2.24, 2.45) is 0 Å². The molecule has 1 aromatic carbocycles. The molecule has 1 aliphatic rings. The number of thiazole rings is 1. The van der Waals surface area contributed by atoms with Crippen LogP contribution in [0.3, 0.4) is 0 Å². The molecule has 33 heavy (non-hydrogen) atoms. The Bertz CT molecular complexity index is 1270. The van der Waals surface area contributed by atoms with Crippen LogP contribution < -0.4 is 10.6 Å². The third kappa shape index (κ3) is 5.14. The van der Waals surface area contributed by atoms with Gasteiger partial charge in [0.2, 0.25) is 0 Å². The number of piperidine rings is 1. The van der Waals surface area contributed by atoms with E-state index in [2.05, 4.69) is 35.9 Å². The summed E-state index contributed by atoms with van der Waals surface area (Å²) in [6, 6.07) is 6.29. The van der Waals surface area contributed by atoms with E-state index in [4.69, 9.17) is 11.6 Å². The number of carbonyl (C=O) groups excluding carboxylic acids is 1.